The number of phenols is 1. The van der Waals surface area contributed by atoms with Gasteiger partial charge in [0.25, 0.3) is 0 Å². The van der Waals surface area contributed by atoms with Gasteiger partial charge in [-0.3, -0.25) is 4.79 Å². The first-order chi connectivity index (χ1) is 13.5. The number of hydrogen-bond acceptors (Lipinski definition) is 4. The molecule has 0 aliphatic carbocycles. The molecule has 2 aromatic rings. The second-order valence-electron chi connectivity index (χ2n) is 7.51. The summed E-state index contributed by atoms with van der Waals surface area (Å²) in [5.74, 6) is -0.0991. The number of phenolic OH excluding ortho intramolecular Hbond substituents is 1. The largest absolute Gasteiger partial charge is 0.506 e. The summed E-state index contributed by atoms with van der Waals surface area (Å²) < 4.78 is 6.68. The number of ether oxygens (including phenoxy) is 1. The van der Waals surface area contributed by atoms with E-state index in [4.69, 9.17) is 4.74 Å². The van der Waals surface area contributed by atoms with Gasteiger partial charge < -0.3 is 20.5 Å². The molecular weight excluding hydrogens is 598 g/mol. The molecule has 0 spiro atoms. The molecule has 0 heterocycles. The van der Waals surface area contributed by atoms with Gasteiger partial charge in [0, 0.05) is 13.0 Å². The molecule has 2 amide bonds. The van der Waals surface area contributed by atoms with E-state index in [-0.39, 0.29) is 18.1 Å². The van der Waals surface area contributed by atoms with Crippen molar-refractivity contribution in [3.8, 4) is 5.75 Å². The predicted molar refractivity (Wildman–Crippen MR) is 129 cm³/mol. The highest BCUT2D eigenvalue weighted by Gasteiger charge is 2.25. The van der Waals surface area contributed by atoms with E-state index in [1.54, 1.807) is 32.9 Å². The molecular formula is C21H24I2N2O4. The summed E-state index contributed by atoms with van der Waals surface area (Å²) in [5.41, 5.74) is 1.12. The van der Waals surface area contributed by atoms with Crippen LogP contribution in [0, 0.1) is 7.14 Å². The molecule has 3 N–H and O–H groups in total. The Bertz CT molecular complexity index is 844. The Labute approximate surface area is 198 Å². The number of halogens is 2. The zero-order valence-corrected chi connectivity index (χ0v) is 20.8. The van der Waals surface area contributed by atoms with Crippen LogP contribution in [0.3, 0.4) is 0 Å². The second kappa shape index (κ2) is 10.5. The van der Waals surface area contributed by atoms with Crippen LogP contribution in [0.2, 0.25) is 0 Å². The van der Waals surface area contributed by atoms with Crippen molar-refractivity contribution < 1.29 is 19.4 Å². The van der Waals surface area contributed by atoms with Crippen LogP contribution in [0.15, 0.2) is 42.5 Å². The number of hydrogen-bond donors (Lipinski definition) is 3. The highest BCUT2D eigenvalue weighted by Crippen LogP contribution is 2.28. The van der Waals surface area contributed by atoms with Crippen molar-refractivity contribution in [1.82, 2.24) is 10.6 Å². The summed E-state index contributed by atoms with van der Waals surface area (Å²) in [5, 5.41) is 15.5. The van der Waals surface area contributed by atoms with Crippen LogP contribution in [-0.4, -0.2) is 28.7 Å². The van der Waals surface area contributed by atoms with Gasteiger partial charge in [0.05, 0.1) is 7.14 Å². The maximum atomic E-state index is 12.8. The number of nitrogens with one attached hydrogen (secondary N) is 2. The zero-order valence-electron chi connectivity index (χ0n) is 16.5. The molecule has 29 heavy (non-hydrogen) atoms. The number of carbonyl (C=O) groups excluding carboxylic acids is 2. The maximum absolute atomic E-state index is 12.8. The van der Waals surface area contributed by atoms with Crippen molar-refractivity contribution >= 4 is 57.2 Å². The average Bonchev–Trinajstić information content (AvgIpc) is 2.63. The molecule has 0 unspecified atom stereocenters. The molecule has 0 bridgehead atoms. The first kappa shape index (κ1) is 23.7. The molecule has 156 valence electrons. The molecule has 0 saturated heterocycles. The number of aromatic hydroxyl groups is 1. The molecule has 0 aliphatic heterocycles. The quantitative estimate of drug-likeness (QED) is 0.419. The monoisotopic (exact) mass is 622 g/mol. The minimum absolute atomic E-state index is 0.208. The van der Waals surface area contributed by atoms with Crippen molar-refractivity contribution in [2.45, 2.75) is 45.4 Å². The summed E-state index contributed by atoms with van der Waals surface area (Å²) >= 11 is 4.08. The number of amides is 2. The lowest BCUT2D eigenvalue weighted by Crippen LogP contribution is -2.49. The van der Waals surface area contributed by atoms with Crippen LogP contribution in [0.4, 0.5) is 4.79 Å². The highest BCUT2D eigenvalue weighted by atomic mass is 127. The topological polar surface area (TPSA) is 87.7 Å². The zero-order chi connectivity index (χ0) is 21.6. The summed E-state index contributed by atoms with van der Waals surface area (Å²) in [7, 11) is 0. The molecule has 8 heteroatoms. The standard InChI is InChI=1S/C21H24I2N2O4/c1-21(2,3)29-20(28)25-17(11-14-9-15(22)18(26)16(23)10-14)19(27)24-12-13-7-5-4-6-8-13/h4-10,17,26H,11-12H2,1-3H3,(H,24,27)(H,25,28)/t17-/m1/s1. The van der Waals surface area contributed by atoms with Crippen LogP contribution in [0.25, 0.3) is 0 Å². The molecule has 2 rings (SSSR count). The fourth-order valence-corrected chi connectivity index (χ4v) is 4.44. The van der Waals surface area contributed by atoms with E-state index in [2.05, 4.69) is 10.6 Å². The minimum Gasteiger partial charge on any atom is -0.506 e. The van der Waals surface area contributed by atoms with Gasteiger partial charge in [-0.2, -0.15) is 0 Å². The summed E-state index contributed by atoms with van der Waals surface area (Å²) in [6.07, 6.45) is -0.382. The Hall–Kier alpha value is -1.56. The van der Waals surface area contributed by atoms with E-state index in [1.165, 1.54) is 0 Å². The smallest absolute Gasteiger partial charge is 0.408 e. The van der Waals surface area contributed by atoms with Gasteiger partial charge in [0.2, 0.25) is 5.91 Å². The molecule has 0 saturated carbocycles. The number of rotatable bonds is 6. The molecule has 2 aromatic carbocycles. The van der Waals surface area contributed by atoms with Crippen LogP contribution < -0.4 is 10.6 Å². The van der Waals surface area contributed by atoms with Gasteiger partial charge in [-0.15, -0.1) is 0 Å². The van der Waals surface area contributed by atoms with E-state index in [0.29, 0.717) is 13.7 Å². The number of benzene rings is 2. The molecule has 0 radical (unpaired) electrons. The van der Waals surface area contributed by atoms with E-state index in [0.717, 1.165) is 11.1 Å². The number of carbonyl (C=O) groups is 2. The van der Waals surface area contributed by atoms with Crippen LogP contribution in [0.5, 0.6) is 5.75 Å². The van der Waals surface area contributed by atoms with Crippen molar-refractivity contribution in [2.75, 3.05) is 0 Å². The van der Waals surface area contributed by atoms with Crippen molar-refractivity contribution in [2.24, 2.45) is 0 Å². The van der Waals surface area contributed by atoms with Crippen molar-refractivity contribution in [3.05, 3.63) is 60.7 Å². The van der Waals surface area contributed by atoms with Gasteiger partial charge in [0.1, 0.15) is 17.4 Å². The van der Waals surface area contributed by atoms with Gasteiger partial charge in [-0.05, 0) is 89.2 Å². The van der Waals surface area contributed by atoms with Gasteiger partial charge in [0.15, 0.2) is 0 Å². The summed E-state index contributed by atoms with van der Waals surface area (Å²) in [4.78, 5) is 25.1. The third-order valence-corrected chi connectivity index (χ3v) is 5.48. The lowest BCUT2D eigenvalue weighted by molar-refractivity contribution is -0.123. The third-order valence-electron chi connectivity index (χ3n) is 3.83. The third kappa shape index (κ3) is 8.00. The lowest BCUT2D eigenvalue weighted by atomic mass is 10.0. The molecule has 0 aromatic heterocycles. The van der Waals surface area contributed by atoms with Gasteiger partial charge in [-0.25, -0.2) is 4.79 Å². The van der Waals surface area contributed by atoms with Crippen LogP contribution >= 0.6 is 45.2 Å². The van der Waals surface area contributed by atoms with E-state index in [1.807, 2.05) is 75.5 Å². The summed E-state index contributed by atoms with van der Waals surface area (Å²) in [6, 6.07) is 12.3. The predicted octanol–water partition coefficient (Wildman–Crippen LogP) is 4.35. The van der Waals surface area contributed by atoms with Crippen molar-refractivity contribution in [3.63, 3.8) is 0 Å². The Morgan fingerprint density at radius 2 is 1.66 bits per heavy atom. The lowest BCUT2D eigenvalue weighted by Gasteiger charge is -2.23. The molecule has 0 aliphatic rings. The first-order valence-corrected chi connectivity index (χ1v) is 11.2. The second-order valence-corrected chi connectivity index (χ2v) is 9.84. The maximum Gasteiger partial charge on any atom is 0.408 e. The van der Waals surface area contributed by atoms with E-state index >= 15 is 0 Å². The van der Waals surface area contributed by atoms with Crippen LogP contribution in [-0.2, 0) is 22.5 Å². The first-order valence-electron chi connectivity index (χ1n) is 9.03. The van der Waals surface area contributed by atoms with E-state index in [9.17, 15) is 14.7 Å². The van der Waals surface area contributed by atoms with Gasteiger partial charge in [-0.1, -0.05) is 30.3 Å². The fourth-order valence-electron chi connectivity index (χ4n) is 2.54. The Morgan fingerprint density at radius 1 is 1.07 bits per heavy atom. The fraction of sp³-hybridized carbons (Fsp3) is 0.333. The molecule has 0 fully saturated rings. The van der Waals surface area contributed by atoms with Crippen LogP contribution in [0.1, 0.15) is 31.9 Å². The minimum atomic E-state index is -0.815. The Balaban J connectivity index is 2.15. The SMILES string of the molecule is CC(C)(C)OC(=O)N[C@H](Cc1cc(I)c(O)c(I)c1)C(=O)NCc1ccccc1. The van der Waals surface area contributed by atoms with E-state index < -0.39 is 17.7 Å². The Kier molecular flexibility index (Phi) is 8.56. The summed E-state index contributed by atoms with van der Waals surface area (Å²) in [6.45, 7) is 5.65. The Morgan fingerprint density at radius 3 is 2.21 bits per heavy atom. The molecule has 6 nitrogen and oxygen atoms in total. The number of alkyl carbamates (subject to hydrolysis) is 1. The highest BCUT2D eigenvalue weighted by molar-refractivity contribution is 14.1. The normalized spacial score (nSPS) is 12.2. The average molecular weight is 622 g/mol. The van der Waals surface area contributed by atoms with Crippen molar-refractivity contribution in [1.29, 1.82) is 0 Å². The molecule has 1 atom stereocenters. The van der Waals surface area contributed by atoms with Gasteiger partial charge >= 0.3 is 6.09 Å².